The predicted octanol–water partition coefficient (Wildman–Crippen LogP) is 2.75. The van der Waals surface area contributed by atoms with E-state index < -0.39 is 36.2 Å². The lowest BCUT2D eigenvalue weighted by Crippen LogP contribution is -2.11. The van der Waals surface area contributed by atoms with Crippen molar-refractivity contribution in [3.05, 3.63) is 40.9 Å². The number of hydrogen-bond donors (Lipinski definition) is 2. The highest BCUT2D eigenvalue weighted by atomic mass is 19.4. The molecule has 0 aliphatic heterocycles. The van der Waals surface area contributed by atoms with Crippen LogP contribution in [0.25, 0.3) is 6.08 Å². The van der Waals surface area contributed by atoms with Crippen molar-refractivity contribution >= 4 is 13.2 Å². The van der Waals surface area contributed by atoms with Gasteiger partial charge in [0.05, 0.1) is 11.1 Å². The Labute approximate surface area is 104 Å². The Balaban J connectivity index is 3.33. The Bertz CT molecular complexity index is 446. The molecular weight excluding hydrogens is 277 g/mol. The van der Waals surface area contributed by atoms with Crippen LogP contribution in [-0.4, -0.2) is 17.2 Å². The standard InChI is InChI=1S/C10H7BF6O2/c12-9(13,14)7-3-6(1-2-11(18)19)4-8(5-7)10(15,16)17/h1-5,18-19H. The summed E-state index contributed by atoms with van der Waals surface area (Å²) in [4.78, 5) is 0. The Morgan fingerprint density at radius 3 is 1.58 bits per heavy atom. The summed E-state index contributed by atoms with van der Waals surface area (Å²) in [5.41, 5.74) is -3.36. The fourth-order valence-electron chi connectivity index (χ4n) is 1.27. The third-order valence-corrected chi connectivity index (χ3v) is 2.07. The lowest BCUT2D eigenvalue weighted by Gasteiger charge is -2.12. The van der Waals surface area contributed by atoms with Crippen LogP contribution < -0.4 is 0 Å². The maximum Gasteiger partial charge on any atom is 0.480 e. The summed E-state index contributed by atoms with van der Waals surface area (Å²) in [7, 11) is -1.97. The minimum Gasteiger partial charge on any atom is -0.424 e. The number of alkyl halides is 6. The first-order valence-corrected chi connectivity index (χ1v) is 4.84. The van der Waals surface area contributed by atoms with Crippen LogP contribution in [0.1, 0.15) is 16.7 Å². The molecule has 0 saturated carbocycles. The van der Waals surface area contributed by atoms with Crippen LogP contribution in [0.3, 0.4) is 0 Å². The third kappa shape index (κ3) is 4.60. The zero-order valence-electron chi connectivity index (χ0n) is 9.13. The van der Waals surface area contributed by atoms with E-state index >= 15 is 0 Å². The van der Waals surface area contributed by atoms with Gasteiger partial charge < -0.3 is 10.0 Å². The first kappa shape index (κ1) is 15.6. The van der Waals surface area contributed by atoms with Gasteiger partial charge in [0.2, 0.25) is 0 Å². The highest BCUT2D eigenvalue weighted by Crippen LogP contribution is 2.36. The van der Waals surface area contributed by atoms with Gasteiger partial charge in [0.25, 0.3) is 0 Å². The van der Waals surface area contributed by atoms with Crippen LogP contribution in [-0.2, 0) is 12.4 Å². The quantitative estimate of drug-likeness (QED) is 0.647. The summed E-state index contributed by atoms with van der Waals surface area (Å²) in [5.74, 6) is 0.648. The van der Waals surface area contributed by atoms with E-state index in [0.717, 1.165) is 6.08 Å². The highest BCUT2D eigenvalue weighted by molar-refractivity contribution is 6.48. The second-order valence-electron chi connectivity index (χ2n) is 3.61. The van der Waals surface area contributed by atoms with Crippen molar-refractivity contribution in [1.82, 2.24) is 0 Å². The minimum absolute atomic E-state index is 0.00723. The van der Waals surface area contributed by atoms with Gasteiger partial charge in [-0.15, -0.1) is 0 Å². The summed E-state index contributed by atoms with van der Waals surface area (Å²) >= 11 is 0. The molecule has 0 radical (unpaired) electrons. The van der Waals surface area contributed by atoms with Gasteiger partial charge in [-0.05, 0) is 23.8 Å². The maximum atomic E-state index is 12.4. The molecule has 0 atom stereocenters. The van der Waals surface area contributed by atoms with Gasteiger partial charge in [-0.3, -0.25) is 0 Å². The van der Waals surface area contributed by atoms with E-state index in [1.54, 1.807) is 0 Å². The number of rotatable bonds is 2. The van der Waals surface area contributed by atoms with Crippen molar-refractivity contribution in [2.75, 3.05) is 0 Å². The van der Waals surface area contributed by atoms with Crippen molar-refractivity contribution in [3.63, 3.8) is 0 Å². The van der Waals surface area contributed by atoms with E-state index in [1.807, 2.05) is 0 Å². The number of benzene rings is 1. The summed E-state index contributed by atoms with van der Waals surface area (Å²) in [5, 5.41) is 17.0. The minimum atomic E-state index is -4.93. The first-order valence-electron chi connectivity index (χ1n) is 4.84. The van der Waals surface area contributed by atoms with Crippen LogP contribution in [0.15, 0.2) is 24.2 Å². The van der Waals surface area contributed by atoms with Crippen molar-refractivity contribution in [3.8, 4) is 0 Å². The molecule has 0 amide bonds. The first-order chi connectivity index (χ1) is 8.50. The van der Waals surface area contributed by atoms with Gasteiger partial charge >= 0.3 is 19.5 Å². The van der Waals surface area contributed by atoms with E-state index in [-0.39, 0.29) is 6.07 Å². The summed E-state index contributed by atoms with van der Waals surface area (Å²) in [6, 6.07) is 0.953. The largest absolute Gasteiger partial charge is 0.480 e. The molecule has 0 fully saturated rings. The molecule has 0 spiro atoms. The molecule has 2 N–H and O–H groups in total. The van der Waals surface area contributed by atoms with Crippen molar-refractivity contribution in [2.45, 2.75) is 12.4 Å². The number of halogens is 6. The van der Waals surface area contributed by atoms with E-state index in [9.17, 15) is 26.3 Å². The Hall–Kier alpha value is -1.48. The topological polar surface area (TPSA) is 40.5 Å². The number of hydrogen-bond acceptors (Lipinski definition) is 2. The van der Waals surface area contributed by atoms with Crippen LogP contribution in [0, 0.1) is 0 Å². The molecule has 1 aromatic carbocycles. The van der Waals surface area contributed by atoms with Crippen LogP contribution in [0.4, 0.5) is 26.3 Å². The van der Waals surface area contributed by atoms with Crippen LogP contribution in [0.2, 0.25) is 0 Å². The second-order valence-corrected chi connectivity index (χ2v) is 3.61. The lowest BCUT2D eigenvalue weighted by molar-refractivity contribution is -0.143. The van der Waals surface area contributed by atoms with Crippen molar-refractivity contribution in [2.24, 2.45) is 0 Å². The molecule has 0 heterocycles. The molecule has 9 heteroatoms. The average Bonchev–Trinajstić information content (AvgIpc) is 2.23. The molecule has 19 heavy (non-hydrogen) atoms. The summed E-state index contributed by atoms with van der Waals surface area (Å²) in [6.07, 6.45) is -9.10. The van der Waals surface area contributed by atoms with Crippen LogP contribution >= 0.6 is 0 Å². The zero-order valence-corrected chi connectivity index (χ0v) is 9.13. The third-order valence-electron chi connectivity index (χ3n) is 2.07. The molecule has 0 aliphatic rings. The van der Waals surface area contributed by atoms with Crippen molar-refractivity contribution < 1.29 is 36.4 Å². The van der Waals surface area contributed by atoms with Gasteiger partial charge in [0.15, 0.2) is 0 Å². The predicted molar refractivity (Wildman–Crippen MR) is 55.7 cm³/mol. The maximum absolute atomic E-state index is 12.4. The molecule has 0 unspecified atom stereocenters. The Morgan fingerprint density at radius 2 is 1.26 bits per heavy atom. The molecule has 0 bridgehead atoms. The zero-order chi connectivity index (χ0) is 14.8. The SMILES string of the molecule is OB(O)C=Cc1cc(C(F)(F)F)cc(C(F)(F)F)c1. The van der Waals surface area contributed by atoms with Gasteiger partial charge in [-0.25, -0.2) is 0 Å². The van der Waals surface area contributed by atoms with Crippen molar-refractivity contribution in [1.29, 1.82) is 0 Å². The Morgan fingerprint density at radius 1 is 0.842 bits per heavy atom. The molecule has 0 aliphatic carbocycles. The highest BCUT2D eigenvalue weighted by Gasteiger charge is 2.36. The molecule has 0 aromatic heterocycles. The fourth-order valence-corrected chi connectivity index (χ4v) is 1.27. The normalized spacial score (nSPS) is 13.1. The molecule has 2 nitrogen and oxygen atoms in total. The van der Waals surface area contributed by atoms with Gasteiger partial charge in [0, 0.05) is 0 Å². The lowest BCUT2D eigenvalue weighted by atomic mass is 9.90. The monoisotopic (exact) mass is 284 g/mol. The molecule has 104 valence electrons. The summed E-state index contributed by atoms with van der Waals surface area (Å²) in [6.45, 7) is 0. The average molecular weight is 284 g/mol. The smallest absolute Gasteiger partial charge is 0.424 e. The molecular formula is C10H7BF6O2. The van der Waals surface area contributed by atoms with Gasteiger partial charge in [0.1, 0.15) is 0 Å². The second kappa shape index (κ2) is 5.26. The molecule has 1 rings (SSSR count). The fraction of sp³-hybridized carbons (Fsp3) is 0.200. The van der Waals surface area contributed by atoms with E-state index in [0.29, 0.717) is 18.1 Å². The molecule has 0 saturated heterocycles. The van der Waals surface area contributed by atoms with Gasteiger partial charge in [-0.2, -0.15) is 26.3 Å². The van der Waals surface area contributed by atoms with E-state index in [1.165, 1.54) is 0 Å². The van der Waals surface area contributed by atoms with Crippen LogP contribution in [0.5, 0.6) is 0 Å². The molecule has 1 aromatic rings. The van der Waals surface area contributed by atoms with E-state index in [4.69, 9.17) is 10.0 Å². The summed E-state index contributed by atoms with van der Waals surface area (Å²) < 4.78 is 74.7. The van der Waals surface area contributed by atoms with Gasteiger partial charge in [-0.1, -0.05) is 12.1 Å². The Kier molecular flexibility index (Phi) is 4.31. The van der Waals surface area contributed by atoms with E-state index in [2.05, 4.69) is 0 Å².